The number of fused-ring (bicyclic) bond motifs is 1. The van der Waals surface area contributed by atoms with Gasteiger partial charge in [-0.15, -0.1) is 0 Å². The van der Waals surface area contributed by atoms with Crippen LogP contribution in [0, 0.1) is 5.82 Å². The fourth-order valence-electron chi connectivity index (χ4n) is 2.83. The van der Waals surface area contributed by atoms with Gasteiger partial charge in [-0.25, -0.2) is 4.39 Å². The second-order valence-electron chi connectivity index (χ2n) is 5.23. The SMILES string of the molecule is O[C@H](CN[C@@H]1CCCc2cc(F)ccc21)c1ccco1. The van der Waals surface area contributed by atoms with Gasteiger partial charge < -0.3 is 14.8 Å². The van der Waals surface area contributed by atoms with Gasteiger partial charge in [-0.3, -0.25) is 0 Å². The maximum Gasteiger partial charge on any atom is 0.133 e. The van der Waals surface area contributed by atoms with E-state index in [1.54, 1.807) is 24.5 Å². The number of aliphatic hydroxyl groups is 1. The van der Waals surface area contributed by atoms with Crippen LogP contribution in [0.4, 0.5) is 4.39 Å². The Kier molecular flexibility index (Phi) is 3.85. The van der Waals surface area contributed by atoms with Crippen LogP contribution in [0.2, 0.25) is 0 Å². The molecule has 0 unspecified atom stereocenters. The van der Waals surface area contributed by atoms with Gasteiger partial charge in [0.25, 0.3) is 0 Å². The molecule has 106 valence electrons. The Morgan fingerprint density at radius 1 is 1.40 bits per heavy atom. The minimum absolute atomic E-state index is 0.170. The number of halogens is 1. The van der Waals surface area contributed by atoms with Gasteiger partial charge >= 0.3 is 0 Å². The van der Waals surface area contributed by atoms with Crippen molar-refractivity contribution >= 4 is 0 Å². The second kappa shape index (κ2) is 5.77. The molecule has 0 saturated carbocycles. The maximum absolute atomic E-state index is 13.2. The van der Waals surface area contributed by atoms with Gasteiger partial charge in [-0.05, 0) is 54.7 Å². The van der Waals surface area contributed by atoms with E-state index in [2.05, 4.69) is 5.32 Å². The summed E-state index contributed by atoms with van der Waals surface area (Å²) in [6.45, 7) is 0.426. The molecule has 0 aliphatic heterocycles. The van der Waals surface area contributed by atoms with Crippen LogP contribution in [0.3, 0.4) is 0 Å². The molecule has 0 fully saturated rings. The van der Waals surface area contributed by atoms with Crippen molar-refractivity contribution in [2.24, 2.45) is 0 Å². The predicted octanol–water partition coefficient (Wildman–Crippen LogP) is 3.12. The lowest BCUT2D eigenvalue weighted by Gasteiger charge is -2.27. The zero-order chi connectivity index (χ0) is 13.9. The van der Waals surface area contributed by atoms with Gasteiger partial charge in [0.1, 0.15) is 17.7 Å². The summed E-state index contributed by atoms with van der Waals surface area (Å²) < 4.78 is 18.4. The third kappa shape index (κ3) is 2.76. The smallest absolute Gasteiger partial charge is 0.133 e. The van der Waals surface area contributed by atoms with Gasteiger partial charge in [-0.2, -0.15) is 0 Å². The summed E-state index contributed by atoms with van der Waals surface area (Å²) in [6, 6.07) is 8.66. The first-order valence-corrected chi connectivity index (χ1v) is 6.97. The zero-order valence-electron chi connectivity index (χ0n) is 11.2. The first kappa shape index (κ1) is 13.3. The van der Waals surface area contributed by atoms with Crippen molar-refractivity contribution in [3.05, 3.63) is 59.3 Å². The summed E-state index contributed by atoms with van der Waals surface area (Å²) in [6.07, 6.45) is 3.85. The third-order valence-corrected chi connectivity index (χ3v) is 3.85. The van der Waals surface area contributed by atoms with Gasteiger partial charge in [-0.1, -0.05) is 6.07 Å². The molecule has 0 amide bonds. The summed E-state index contributed by atoms with van der Waals surface area (Å²) in [5, 5.41) is 13.4. The maximum atomic E-state index is 13.2. The van der Waals surface area contributed by atoms with Crippen LogP contribution in [0.25, 0.3) is 0 Å². The van der Waals surface area contributed by atoms with Crippen molar-refractivity contribution in [1.29, 1.82) is 0 Å². The molecule has 1 aliphatic rings. The highest BCUT2D eigenvalue weighted by Gasteiger charge is 2.21. The minimum Gasteiger partial charge on any atom is -0.467 e. The molecule has 4 heteroatoms. The Balaban J connectivity index is 1.67. The molecule has 0 saturated heterocycles. The molecule has 2 aromatic rings. The van der Waals surface area contributed by atoms with Crippen molar-refractivity contribution in [2.45, 2.75) is 31.4 Å². The third-order valence-electron chi connectivity index (χ3n) is 3.85. The summed E-state index contributed by atoms with van der Waals surface area (Å²) in [7, 11) is 0. The normalized spacial score (nSPS) is 19.6. The monoisotopic (exact) mass is 275 g/mol. The molecule has 2 atom stereocenters. The molecular formula is C16H18FNO2. The number of rotatable bonds is 4. The van der Waals surface area contributed by atoms with E-state index in [9.17, 15) is 9.50 Å². The lowest BCUT2D eigenvalue weighted by molar-refractivity contribution is 0.142. The molecule has 3 nitrogen and oxygen atoms in total. The van der Waals surface area contributed by atoms with Crippen LogP contribution in [-0.2, 0) is 6.42 Å². The molecule has 0 bridgehead atoms. The standard InChI is InChI=1S/C16H18FNO2/c17-12-6-7-13-11(9-12)3-1-4-14(13)18-10-15(19)16-5-2-8-20-16/h2,5-9,14-15,18-19H,1,3-4,10H2/t14-,15-/m1/s1. The highest BCUT2D eigenvalue weighted by atomic mass is 19.1. The second-order valence-corrected chi connectivity index (χ2v) is 5.23. The fourth-order valence-corrected chi connectivity index (χ4v) is 2.83. The van der Waals surface area contributed by atoms with Crippen molar-refractivity contribution in [3.8, 4) is 0 Å². The molecule has 1 aliphatic carbocycles. The highest BCUT2D eigenvalue weighted by molar-refractivity contribution is 5.32. The van der Waals surface area contributed by atoms with Gasteiger partial charge in [0.15, 0.2) is 0 Å². The zero-order valence-corrected chi connectivity index (χ0v) is 11.2. The quantitative estimate of drug-likeness (QED) is 0.901. The van der Waals surface area contributed by atoms with Crippen LogP contribution in [0.15, 0.2) is 41.0 Å². The first-order valence-electron chi connectivity index (χ1n) is 6.97. The van der Waals surface area contributed by atoms with Gasteiger partial charge in [0.2, 0.25) is 0 Å². The predicted molar refractivity (Wildman–Crippen MR) is 73.7 cm³/mol. The van der Waals surface area contributed by atoms with E-state index in [4.69, 9.17) is 4.42 Å². The lowest BCUT2D eigenvalue weighted by Crippen LogP contribution is -2.29. The summed E-state index contributed by atoms with van der Waals surface area (Å²) >= 11 is 0. The number of aryl methyl sites for hydroxylation is 1. The molecule has 3 rings (SSSR count). The Hall–Kier alpha value is -1.65. The van der Waals surface area contributed by atoms with E-state index < -0.39 is 6.10 Å². The topological polar surface area (TPSA) is 45.4 Å². The average Bonchev–Trinajstić information content (AvgIpc) is 2.98. The van der Waals surface area contributed by atoms with E-state index in [0.29, 0.717) is 12.3 Å². The van der Waals surface area contributed by atoms with E-state index in [1.807, 2.05) is 6.07 Å². The molecule has 0 spiro atoms. The number of furan rings is 1. The Morgan fingerprint density at radius 2 is 2.30 bits per heavy atom. The summed E-state index contributed by atoms with van der Waals surface area (Å²) in [5.74, 6) is 0.382. The first-order chi connectivity index (χ1) is 9.74. The molecule has 1 aromatic heterocycles. The number of nitrogens with one attached hydrogen (secondary N) is 1. The molecule has 1 heterocycles. The van der Waals surface area contributed by atoms with Crippen molar-refractivity contribution < 1.29 is 13.9 Å². The van der Waals surface area contributed by atoms with Gasteiger partial charge in [0, 0.05) is 12.6 Å². The van der Waals surface area contributed by atoms with E-state index in [-0.39, 0.29) is 11.9 Å². The van der Waals surface area contributed by atoms with Crippen molar-refractivity contribution in [3.63, 3.8) is 0 Å². The number of hydrogen-bond acceptors (Lipinski definition) is 3. The summed E-state index contributed by atoms with van der Waals surface area (Å²) in [4.78, 5) is 0. The van der Waals surface area contributed by atoms with Crippen LogP contribution in [0.5, 0.6) is 0 Å². The van der Waals surface area contributed by atoms with Crippen LogP contribution in [0.1, 0.15) is 41.9 Å². The Morgan fingerprint density at radius 3 is 3.10 bits per heavy atom. The van der Waals surface area contributed by atoms with E-state index in [0.717, 1.165) is 30.4 Å². The number of hydrogen-bond donors (Lipinski definition) is 2. The van der Waals surface area contributed by atoms with Gasteiger partial charge in [0.05, 0.1) is 6.26 Å². The molecule has 1 aromatic carbocycles. The largest absolute Gasteiger partial charge is 0.467 e. The van der Waals surface area contributed by atoms with Crippen molar-refractivity contribution in [2.75, 3.05) is 6.54 Å². The molecule has 20 heavy (non-hydrogen) atoms. The lowest BCUT2D eigenvalue weighted by atomic mass is 9.87. The fraction of sp³-hybridized carbons (Fsp3) is 0.375. The van der Waals surface area contributed by atoms with E-state index >= 15 is 0 Å². The molecular weight excluding hydrogens is 257 g/mol. The number of benzene rings is 1. The summed E-state index contributed by atoms with van der Waals surface area (Å²) in [5.41, 5.74) is 2.21. The van der Waals surface area contributed by atoms with Crippen LogP contribution < -0.4 is 5.32 Å². The number of aliphatic hydroxyl groups excluding tert-OH is 1. The Bertz CT molecular complexity index is 568. The Labute approximate surface area is 117 Å². The van der Waals surface area contributed by atoms with Crippen LogP contribution >= 0.6 is 0 Å². The highest BCUT2D eigenvalue weighted by Crippen LogP contribution is 2.30. The molecule has 2 N–H and O–H groups in total. The average molecular weight is 275 g/mol. The van der Waals surface area contributed by atoms with Crippen LogP contribution in [-0.4, -0.2) is 11.7 Å². The molecule has 0 radical (unpaired) electrons. The van der Waals surface area contributed by atoms with Crippen molar-refractivity contribution in [1.82, 2.24) is 5.32 Å². The minimum atomic E-state index is -0.657. The van der Waals surface area contributed by atoms with E-state index in [1.165, 1.54) is 6.07 Å².